The monoisotopic (exact) mass is 325 g/mol. The van der Waals surface area contributed by atoms with E-state index in [-0.39, 0.29) is 5.91 Å². The Kier molecular flexibility index (Phi) is 4.41. The molecule has 2 aromatic rings. The fraction of sp³-hybridized carbons (Fsp3) is 0.111. The zero-order valence-electron chi connectivity index (χ0n) is 12.2. The Morgan fingerprint density at radius 2 is 1.77 bits per heavy atom. The van der Waals surface area contributed by atoms with Gasteiger partial charge in [0, 0.05) is 0 Å². The van der Waals surface area contributed by atoms with Gasteiger partial charge in [0.15, 0.2) is 0 Å². The van der Waals surface area contributed by atoms with Crippen LogP contribution >= 0.6 is 24.0 Å². The number of hydrogen-bond donors (Lipinski definition) is 0. The third kappa shape index (κ3) is 3.29. The first-order valence-electron chi connectivity index (χ1n) is 6.99. The Morgan fingerprint density at radius 3 is 2.45 bits per heavy atom. The minimum atomic E-state index is -0.0144. The molecule has 1 saturated heterocycles. The van der Waals surface area contributed by atoms with Gasteiger partial charge in [-0.2, -0.15) is 0 Å². The molecule has 2 aromatic carbocycles. The fourth-order valence-corrected chi connectivity index (χ4v) is 3.47. The molecule has 0 aromatic heterocycles. The van der Waals surface area contributed by atoms with Crippen molar-refractivity contribution in [1.82, 2.24) is 4.90 Å². The summed E-state index contributed by atoms with van der Waals surface area (Å²) in [6.45, 7) is 2.57. The zero-order chi connectivity index (χ0) is 15.5. The SMILES string of the molecule is Cc1ccc(CN2C(=O)/C(=C/c3ccccc3)SC2=S)cc1. The van der Waals surface area contributed by atoms with Gasteiger partial charge in [-0.15, -0.1) is 0 Å². The average molecular weight is 325 g/mol. The van der Waals surface area contributed by atoms with E-state index in [1.54, 1.807) is 4.90 Å². The van der Waals surface area contributed by atoms with Crippen LogP contribution < -0.4 is 0 Å². The summed E-state index contributed by atoms with van der Waals surface area (Å²) < 4.78 is 0.618. The van der Waals surface area contributed by atoms with E-state index in [0.717, 1.165) is 11.1 Å². The number of amides is 1. The van der Waals surface area contributed by atoms with Crippen molar-refractivity contribution < 1.29 is 4.79 Å². The number of thioether (sulfide) groups is 1. The lowest BCUT2D eigenvalue weighted by Crippen LogP contribution is -2.27. The molecule has 0 atom stereocenters. The second kappa shape index (κ2) is 6.46. The highest BCUT2D eigenvalue weighted by Crippen LogP contribution is 2.33. The molecular weight excluding hydrogens is 310 g/mol. The first kappa shape index (κ1) is 15.0. The maximum Gasteiger partial charge on any atom is 0.266 e. The first-order chi connectivity index (χ1) is 10.6. The van der Waals surface area contributed by atoms with Gasteiger partial charge < -0.3 is 0 Å². The predicted octanol–water partition coefficient (Wildman–Crippen LogP) is 4.40. The van der Waals surface area contributed by atoms with Crippen LogP contribution in [-0.2, 0) is 11.3 Å². The largest absolute Gasteiger partial charge is 0.288 e. The molecule has 1 aliphatic rings. The molecule has 110 valence electrons. The molecule has 1 amide bonds. The summed E-state index contributed by atoms with van der Waals surface area (Å²) in [6.07, 6.45) is 1.90. The van der Waals surface area contributed by atoms with Crippen LogP contribution in [0.25, 0.3) is 6.08 Å². The van der Waals surface area contributed by atoms with E-state index in [4.69, 9.17) is 12.2 Å². The average Bonchev–Trinajstić information content (AvgIpc) is 2.78. The first-order valence-corrected chi connectivity index (χ1v) is 8.22. The van der Waals surface area contributed by atoms with Crippen molar-refractivity contribution in [2.45, 2.75) is 13.5 Å². The Balaban J connectivity index is 1.80. The van der Waals surface area contributed by atoms with E-state index in [0.29, 0.717) is 15.8 Å². The molecule has 0 spiro atoms. The smallest absolute Gasteiger partial charge is 0.266 e. The topological polar surface area (TPSA) is 20.3 Å². The van der Waals surface area contributed by atoms with Crippen molar-refractivity contribution in [3.05, 3.63) is 76.2 Å². The molecule has 4 heteroatoms. The molecule has 1 fully saturated rings. The lowest BCUT2D eigenvalue weighted by Gasteiger charge is -2.14. The summed E-state index contributed by atoms with van der Waals surface area (Å²) in [5.74, 6) is -0.0144. The summed E-state index contributed by atoms with van der Waals surface area (Å²) >= 11 is 6.73. The number of hydrogen-bond acceptors (Lipinski definition) is 3. The van der Waals surface area contributed by atoms with Crippen molar-refractivity contribution in [2.75, 3.05) is 0 Å². The lowest BCUT2D eigenvalue weighted by molar-refractivity contribution is -0.122. The van der Waals surface area contributed by atoms with Crippen LogP contribution in [0.1, 0.15) is 16.7 Å². The minimum Gasteiger partial charge on any atom is -0.288 e. The van der Waals surface area contributed by atoms with Gasteiger partial charge in [0.1, 0.15) is 4.32 Å². The van der Waals surface area contributed by atoms with Gasteiger partial charge in [-0.1, -0.05) is 84.1 Å². The molecule has 0 radical (unpaired) electrons. The van der Waals surface area contributed by atoms with E-state index < -0.39 is 0 Å². The Labute approximate surface area is 139 Å². The van der Waals surface area contributed by atoms with Crippen molar-refractivity contribution >= 4 is 40.3 Å². The number of carbonyl (C=O) groups is 1. The van der Waals surface area contributed by atoms with Gasteiger partial charge in [0.25, 0.3) is 5.91 Å². The molecule has 22 heavy (non-hydrogen) atoms. The third-order valence-electron chi connectivity index (χ3n) is 3.43. The highest BCUT2D eigenvalue weighted by molar-refractivity contribution is 8.26. The fourth-order valence-electron chi connectivity index (χ4n) is 2.21. The van der Waals surface area contributed by atoms with Gasteiger partial charge in [-0.3, -0.25) is 9.69 Å². The Hall–Kier alpha value is -1.91. The number of nitrogens with zero attached hydrogens (tertiary/aromatic N) is 1. The Bertz CT molecular complexity index is 735. The normalized spacial score (nSPS) is 16.6. The molecular formula is C18H15NOS2. The molecule has 0 aliphatic carbocycles. The summed E-state index contributed by atoms with van der Waals surface area (Å²) in [4.78, 5) is 14.9. The van der Waals surface area contributed by atoms with E-state index >= 15 is 0 Å². The maximum atomic E-state index is 12.5. The van der Waals surface area contributed by atoms with Crippen LogP contribution in [0.2, 0.25) is 0 Å². The standard InChI is InChI=1S/C18H15NOS2/c1-13-7-9-15(10-8-13)12-19-17(20)16(22-18(19)21)11-14-5-3-2-4-6-14/h2-11H,12H2,1H3/b16-11-. The van der Waals surface area contributed by atoms with E-state index in [2.05, 4.69) is 0 Å². The number of carbonyl (C=O) groups excluding carboxylic acids is 1. The van der Waals surface area contributed by atoms with Crippen LogP contribution in [0.4, 0.5) is 0 Å². The highest BCUT2D eigenvalue weighted by atomic mass is 32.2. The second-order valence-electron chi connectivity index (χ2n) is 5.16. The summed E-state index contributed by atoms with van der Waals surface area (Å²) in [6, 6.07) is 18.0. The van der Waals surface area contributed by atoms with Crippen LogP contribution in [0.5, 0.6) is 0 Å². The molecule has 0 bridgehead atoms. The summed E-state index contributed by atoms with van der Waals surface area (Å²) in [7, 11) is 0. The molecule has 1 heterocycles. The lowest BCUT2D eigenvalue weighted by atomic mass is 10.1. The van der Waals surface area contributed by atoms with Gasteiger partial charge in [-0.25, -0.2) is 0 Å². The third-order valence-corrected chi connectivity index (χ3v) is 4.81. The molecule has 2 nitrogen and oxygen atoms in total. The van der Waals surface area contributed by atoms with Crippen LogP contribution in [0.3, 0.4) is 0 Å². The van der Waals surface area contributed by atoms with Crippen LogP contribution in [-0.4, -0.2) is 15.1 Å². The zero-order valence-corrected chi connectivity index (χ0v) is 13.8. The van der Waals surface area contributed by atoms with Gasteiger partial charge in [0.05, 0.1) is 11.4 Å². The van der Waals surface area contributed by atoms with E-state index in [1.165, 1.54) is 17.3 Å². The van der Waals surface area contributed by atoms with Crippen molar-refractivity contribution in [3.8, 4) is 0 Å². The van der Waals surface area contributed by atoms with Crippen LogP contribution in [0, 0.1) is 6.92 Å². The van der Waals surface area contributed by atoms with Gasteiger partial charge in [-0.05, 0) is 24.1 Å². The molecule has 0 unspecified atom stereocenters. The van der Waals surface area contributed by atoms with E-state index in [9.17, 15) is 4.79 Å². The Morgan fingerprint density at radius 1 is 1.09 bits per heavy atom. The summed E-state index contributed by atoms with van der Waals surface area (Å²) in [5.41, 5.74) is 3.30. The predicted molar refractivity (Wildman–Crippen MR) is 96.3 cm³/mol. The molecule has 0 saturated carbocycles. The minimum absolute atomic E-state index is 0.0144. The van der Waals surface area contributed by atoms with Gasteiger partial charge >= 0.3 is 0 Å². The highest BCUT2D eigenvalue weighted by Gasteiger charge is 2.31. The molecule has 0 N–H and O–H groups in total. The second-order valence-corrected chi connectivity index (χ2v) is 6.84. The van der Waals surface area contributed by atoms with Gasteiger partial charge in [0.2, 0.25) is 0 Å². The number of thiocarbonyl (C=S) groups is 1. The maximum absolute atomic E-state index is 12.5. The van der Waals surface area contributed by atoms with E-state index in [1.807, 2.05) is 67.6 Å². The van der Waals surface area contributed by atoms with Crippen LogP contribution in [0.15, 0.2) is 59.5 Å². The van der Waals surface area contributed by atoms with Crippen molar-refractivity contribution in [1.29, 1.82) is 0 Å². The van der Waals surface area contributed by atoms with Crippen molar-refractivity contribution in [3.63, 3.8) is 0 Å². The molecule has 3 rings (SSSR count). The quantitative estimate of drug-likeness (QED) is 0.616. The number of benzene rings is 2. The number of rotatable bonds is 3. The molecule has 1 aliphatic heterocycles. The summed E-state index contributed by atoms with van der Waals surface area (Å²) in [5, 5.41) is 0. The number of aryl methyl sites for hydroxylation is 1. The van der Waals surface area contributed by atoms with Crippen molar-refractivity contribution in [2.24, 2.45) is 0 Å².